The van der Waals surface area contributed by atoms with Gasteiger partial charge in [-0.05, 0) is 147 Å². The number of hydrogen-bond acceptors (Lipinski definition) is 2. The molecule has 9 aromatic rings. The summed E-state index contributed by atoms with van der Waals surface area (Å²) < 4.78 is 0. The summed E-state index contributed by atoms with van der Waals surface area (Å²) in [5.41, 5.74) is 15.8. The second-order valence-corrected chi connectivity index (χ2v) is 16.8. The third-order valence-electron chi connectivity index (χ3n) is 12.9. The molecule has 0 N–H and O–H groups in total. The van der Waals surface area contributed by atoms with Crippen molar-refractivity contribution in [2.75, 3.05) is 9.80 Å². The Labute approximate surface area is 376 Å². The Morgan fingerprint density at radius 2 is 0.875 bits per heavy atom. The van der Waals surface area contributed by atoms with E-state index in [0.29, 0.717) is 5.92 Å². The standard InChI is InChI=1S/C62H48N2/c1-3-20-53(21-4-1)63(57-40-32-49(33-41-57)61-26-12-16-47-14-7-9-24-59(47)61)55-36-28-45(29-37-55)51-18-11-19-52(44-51)46-30-38-56(39-31-46)64(54-22-5-2-6-23-54)58-42-34-50(35-43-58)62-27-13-17-48-15-8-10-25-60(48)62/h1-5,7-18,20-22,24-44,52H,6,19,23H2. The zero-order valence-electron chi connectivity index (χ0n) is 35.8. The van der Waals surface area contributed by atoms with Gasteiger partial charge in [0.15, 0.2) is 0 Å². The largest absolute Gasteiger partial charge is 0.314 e. The molecule has 0 aromatic heterocycles. The molecule has 0 saturated carbocycles. The fraction of sp³-hybridized carbons (Fsp3) is 0.0645. The molecule has 0 radical (unpaired) electrons. The maximum absolute atomic E-state index is 2.45. The third-order valence-corrected chi connectivity index (χ3v) is 12.9. The van der Waals surface area contributed by atoms with E-state index >= 15 is 0 Å². The monoisotopic (exact) mass is 820 g/mol. The Morgan fingerprint density at radius 1 is 0.391 bits per heavy atom. The van der Waals surface area contributed by atoms with Gasteiger partial charge < -0.3 is 9.80 Å². The number of rotatable bonds is 10. The summed E-state index contributed by atoms with van der Waals surface area (Å²) in [6.07, 6.45) is 16.8. The second-order valence-electron chi connectivity index (χ2n) is 16.8. The summed E-state index contributed by atoms with van der Waals surface area (Å²) in [6, 6.07) is 77.4. The van der Waals surface area contributed by atoms with E-state index in [2.05, 4.69) is 259 Å². The summed E-state index contributed by atoms with van der Waals surface area (Å²) in [5.74, 6) is 0.292. The van der Waals surface area contributed by atoms with Crippen LogP contribution in [0.1, 0.15) is 36.3 Å². The fourth-order valence-electron chi connectivity index (χ4n) is 9.60. The van der Waals surface area contributed by atoms with Gasteiger partial charge in [0.05, 0.1) is 0 Å². The van der Waals surface area contributed by atoms with Crippen molar-refractivity contribution in [3.05, 3.63) is 266 Å². The summed E-state index contributed by atoms with van der Waals surface area (Å²) in [6.45, 7) is 0. The van der Waals surface area contributed by atoms with Gasteiger partial charge in [0.2, 0.25) is 0 Å². The first-order valence-electron chi connectivity index (χ1n) is 22.5. The maximum Gasteiger partial charge on any atom is 0.0462 e. The maximum atomic E-state index is 2.45. The summed E-state index contributed by atoms with van der Waals surface area (Å²) in [7, 11) is 0. The highest BCUT2D eigenvalue weighted by Crippen LogP contribution is 2.40. The van der Waals surface area contributed by atoms with Crippen molar-refractivity contribution < 1.29 is 0 Å². The first kappa shape index (κ1) is 38.9. The molecule has 2 aliphatic rings. The van der Waals surface area contributed by atoms with E-state index in [1.165, 1.54) is 77.6 Å². The number of anilines is 5. The molecule has 0 aliphatic heterocycles. The fourth-order valence-corrected chi connectivity index (χ4v) is 9.60. The average molecular weight is 821 g/mol. The molecule has 2 heteroatoms. The van der Waals surface area contributed by atoms with Crippen LogP contribution in [0.2, 0.25) is 0 Å². The van der Waals surface area contributed by atoms with Crippen molar-refractivity contribution in [1.82, 2.24) is 0 Å². The molecule has 1 atom stereocenters. The van der Waals surface area contributed by atoms with Gasteiger partial charge in [-0.1, -0.05) is 182 Å². The molecule has 306 valence electrons. The number of fused-ring (bicyclic) bond motifs is 2. The molecule has 0 amide bonds. The van der Waals surface area contributed by atoms with Gasteiger partial charge in [0.1, 0.15) is 0 Å². The minimum atomic E-state index is 0.292. The zero-order valence-corrected chi connectivity index (χ0v) is 35.8. The normalized spacial score (nSPS) is 14.6. The van der Waals surface area contributed by atoms with E-state index in [1.807, 2.05) is 0 Å². The van der Waals surface area contributed by atoms with Gasteiger partial charge in [0.25, 0.3) is 0 Å². The molecule has 2 aliphatic carbocycles. The van der Waals surface area contributed by atoms with Crippen molar-refractivity contribution >= 4 is 55.6 Å². The predicted octanol–water partition coefficient (Wildman–Crippen LogP) is 17.3. The number of allylic oxidation sites excluding steroid dienone is 8. The van der Waals surface area contributed by atoms with Crippen LogP contribution in [0.4, 0.5) is 28.4 Å². The van der Waals surface area contributed by atoms with E-state index in [0.717, 1.165) is 36.3 Å². The number of benzene rings is 9. The number of nitrogens with zero attached hydrogens (tertiary/aromatic N) is 2. The van der Waals surface area contributed by atoms with Gasteiger partial charge in [0, 0.05) is 40.1 Å². The molecule has 64 heavy (non-hydrogen) atoms. The SMILES string of the molecule is C1=CCCC(N(c2ccc(-c3cccc4ccccc34)cc2)c2ccc(C3C=C(c4ccc(N(c5ccccc5)c5ccc(-c6cccc7ccccc67)cc5)cc4)C=CC3)cc2)=C1. The van der Waals surface area contributed by atoms with Crippen LogP contribution >= 0.6 is 0 Å². The van der Waals surface area contributed by atoms with Crippen LogP contribution in [0, 0.1) is 0 Å². The van der Waals surface area contributed by atoms with Gasteiger partial charge in [-0.3, -0.25) is 0 Å². The van der Waals surface area contributed by atoms with E-state index in [1.54, 1.807) is 0 Å². The topological polar surface area (TPSA) is 6.48 Å². The lowest BCUT2D eigenvalue weighted by Crippen LogP contribution is -2.17. The molecule has 11 rings (SSSR count). The lowest BCUT2D eigenvalue weighted by molar-refractivity contribution is 0.856. The highest BCUT2D eigenvalue weighted by molar-refractivity contribution is 5.98. The summed E-state index contributed by atoms with van der Waals surface area (Å²) in [5, 5.41) is 5.07. The van der Waals surface area contributed by atoms with Crippen molar-refractivity contribution in [2.24, 2.45) is 0 Å². The lowest BCUT2D eigenvalue weighted by atomic mass is 9.87. The van der Waals surface area contributed by atoms with Gasteiger partial charge in [-0.2, -0.15) is 0 Å². The first-order chi connectivity index (χ1) is 31.7. The quantitative estimate of drug-likeness (QED) is 0.136. The van der Waals surface area contributed by atoms with Crippen molar-refractivity contribution in [3.8, 4) is 22.3 Å². The minimum absolute atomic E-state index is 0.292. The molecule has 0 fully saturated rings. The molecular formula is C62H48N2. The Morgan fingerprint density at radius 3 is 1.44 bits per heavy atom. The highest BCUT2D eigenvalue weighted by Gasteiger charge is 2.19. The molecule has 0 bridgehead atoms. The van der Waals surface area contributed by atoms with Crippen LogP contribution in [-0.4, -0.2) is 0 Å². The van der Waals surface area contributed by atoms with E-state index in [-0.39, 0.29) is 0 Å². The van der Waals surface area contributed by atoms with Crippen molar-refractivity contribution in [3.63, 3.8) is 0 Å². The zero-order chi connectivity index (χ0) is 42.7. The molecule has 0 spiro atoms. The first-order valence-corrected chi connectivity index (χ1v) is 22.5. The van der Waals surface area contributed by atoms with Crippen LogP contribution in [0.15, 0.2) is 254 Å². The van der Waals surface area contributed by atoms with E-state index in [9.17, 15) is 0 Å². The van der Waals surface area contributed by atoms with Crippen LogP contribution in [0.25, 0.3) is 49.4 Å². The average Bonchev–Trinajstić information content (AvgIpc) is 3.38. The molecule has 2 nitrogen and oxygen atoms in total. The highest BCUT2D eigenvalue weighted by atomic mass is 15.2. The van der Waals surface area contributed by atoms with Gasteiger partial charge in [-0.25, -0.2) is 0 Å². The number of para-hydroxylation sites is 1. The van der Waals surface area contributed by atoms with Crippen molar-refractivity contribution in [2.45, 2.75) is 25.2 Å². The van der Waals surface area contributed by atoms with Crippen LogP contribution in [-0.2, 0) is 0 Å². The predicted molar refractivity (Wildman–Crippen MR) is 273 cm³/mol. The molecule has 0 heterocycles. The molecule has 1 unspecified atom stereocenters. The van der Waals surface area contributed by atoms with Crippen LogP contribution in [0.5, 0.6) is 0 Å². The third kappa shape index (κ3) is 7.76. The summed E-state index contributed by atoms with van der Waals surface area (Å²) in [4.78, 5) is 4.77. The van der Waals surface area contributed by atoms with Crippen molar-refractivity contribution in [1.29, 1.82) is 0 Å². The number of hydrogen-bond donors (Lipinski definition) is 0. The Hall–Kier alpha value is -7.94. The molecular weight excluding hydrogens is 773 g/mol. The Kier molecular flexibility index (Phi) is 10.6. The van der Waals surface area contributed by atoms with Crippen LogP contribution in [0.3, 0.4) is 0 Å². The van der Waals surface area contributed by atoms with E-state index < -0.39 is 0 Å². The molecule has 9 aromatic carbocycles. The Bertz CT molecular complexity index is 3200. The van der Waals surface area contributed by atoms with Gasteiger partial charge in [-0.15, -0.1) is 0 Å². The summed E-state index contributed by atoms with van der Waals surface area (Å²) >= 11 is 0. The lowest BCUT2D eigenvalue weighted by Gasteiger charge is -2.29. The van der Waals surface area contributed by atoms with E-state index in [4.69, 9.17) is 0 Å². The smallest absolute Gasteiger partial charge is 0.0462 e. The van der Waals surface area contributed by atoms with Crippen LogP contribution < -0.4 is 9.80 Å². The van der Waals surface area contributed by atoms with Gasteiger partial charge >= 0.3 is 0 Å². The molecule has 0 saturated heterocycles. The second kappa shape index (κ2) is 17.4. The minimum Gasteiger partial charge on any atom is -0.314 e. The Balaban J connectivity index is 0.847.